The summed E-state index contributed by atoms with van der Waals surface area (Å²) in [4.78, 5) is 12.7. The van der Waals surface area contributed by atoms with Gasteiger partial charge in [0.2, 0.25) is 0 Å². The Labute approximate surface area is 84.3 Å². The molecule has 0 saturated heterocycles. The van der Waals surface area contributed by atoms with Gasteiger partial charge in [-0.15, -0.1) is 0 Å². The van der Waals surface area contributed by atoms with Crippen LogP contribution in [0.2, 0.25) is 0 Å². The molecule has 76 valence electrons. The molecule has 3 heteroatoms. The van der Waals surface area contributed by atoms with Crippen LogP contribution in [0, 0.1) is 6.92 Å². The number of carbonyl (C=O) groups excluding carboxylic acids is 1. The Kier molecular flexibility index (Phi) is 3.51. The van der Waals surface area contributed by atoms with Crippen LogP contribution in [0.3, 0.4) is 0 Å². The minimum absolute atomic E-state index is 0.0356. The maximum atomic E-state index is 11.2. The van der Waals surface area contributed by atoms with Crippen molar-refractivity contribution in [2.45, 2.75) is 6.92 Å². The second-order valence-corrected chi connectivity index (χ2v) is 3.39. The van der Waals surface area contributed by atoms with Crippen molar-refractivity contribution in [2.75, 3.05) is 20.7 Å². The number of rotatable bonds is 3. The smallest absolute Gasteiger partial charge is 0.259 e. The zero-order valence-corrected chi connectivity index (χ0v) is 8.78. The number of amides is 1. The van der Waals surface area contributed by atoms with Gasteiger partial charge >= 0.3 is 0 Å². The highest BCUT2D eigenvalue weighted by Crippen LogP contribution is 2.11. The predicted molar refractivity (Wildman–Crippen MR) is 55.4 cm³/mol. The molecule has 1 aromatic carbocycles. The van der Waals surface area contributed by atoms with Gasteiger partial charge in [-0.05, 0) is 24.6 Å². The number of hydrogen-bond acceptors (Lipinski definition) is 2. The van der Waals surface area contributed by atoms with Gasteiger partial charge in [-0.3, -0.25) is 4.79 Å². The van der Waals surface area contributed by atoms with Crippen LogP contribution in [0.15, 0.2) is 24.3 Å². The zero-order valence-electron chi connectivity index (χ0n) is 8.78. The van der Waals surface area contributed by atoms with Crippen molar-refractivity contribution in [3.8, 4) is 5.75 Å². The fourth-order valence-corrected chi connectivity index (χ4v) is 0.979. The van der Waals surface area contributed by atoms with E-state index < -0.39 is 0 Å². The van der Waals surface area contributed by atoms with E-state index in [1.165, 1.54) is 4.90 Å². The van der Waals surface area contributed by atoms with E-state index in [-0.39, 0.29) is 12.5 Å². The molecule has 0 spiro atoms. The molecule has 0 saturated carbocycles. The summed E-state index contributed by atoms with van der Waals surface area (Å²) in [7, 11) is 3.42. The van der Waals surface area contributed by atoms with Crippen LogP contribution in [-0.2, 0) is 4.79 Å². The van der Waals surface area contributed by atoms with Crippen molar-refractivity contribution in [3.63, 3.8) is 0 Å². The molecule has 0 aliphatic heterocycles. The number of nitrogens with zero attached hydrogens (tertiary/aromatic N) is 1. The molecule has 0 fully saturated rings. The number of carbonyl (C=O) groups is 1. The maximum absolute atomic E-state index is 11.2. The van der Waals surface area contributed by atoms with E-state index in [0.29, 0.717) is 0 Å². The van der Waals surface area contributed by atoms with Crippen LogP contribution in [0.1, 0.15) is 5.56 Å². The van der Waals surface area contributed by atoms with Crippen LogP contribution in [0.4, 0.5) is 0 Å². The lowest BCUT2D eigenvalue weighted by molar-refractivity contribution is -0.130. The van der Waals surface area contributed by atoms with E-state index in [0.717, 1.165) is 11.3 Å². The SMILES string of the molecule is Cc1cccc(OCC(=O)N(C)C)c1. The number of hydrogen-bond donors (Lipinski definition) is 0. The molecule has 1 rings (SSSR count). The molecule has 0 radical (unpaired) electrons. The van der Waals surface area contributed by atoms with Gasteiger partial charge in [-0.2, -0.15) is 0 Å². The molecule has 1 aromatic rings. The van der Waals surface area contributed by atoms with Crippen molar-refractivity contribution in [1.82, 2.24) is 4.90 Å². The van der Waals surface area contributed by atoms with Crippen LogP contribution in [0.5, 0.6) is 5.75 Å². The molecule has 0 N–H and O–H groups in total. The van der Waals surface area contributed by atoms with Crippen molar-refractivity contribution >= 4 is 5.91 Å². The lowest BCUT2D eigenvalue weighted by Crippen LogP contribution is -2.27. The summed E-state index contributed by atoms with van der Waals surface area (Å²) in [6, 6.07) is 7.64. The molecule has 0 heterocycles. The van der Waals surface area contributed by atoms with Crippen molar-refractivity contribution in [1.29, 1.82) is 0 Å². The summed E-state index contributed by atoms with van der Waals surface area (Å²) in [5.41, 5.74) is 1.12. The van der Waals surface area contributed by atoms with Gasteiger partial charge in [0.1, 0.15) is 5.75 Å². The molecule has 1 amide bonds. The third-order valence-electron chi connectivity index (χ3n) is 1.85. The van der Waals surface area contributed by atoms with Gasteiger partial charge < -0.3 is 9.64 Å². The molecule has 0 aliphatic carbocycles. The maximum Gasteiger partial charge on any atom is 0.259 e. The standard InChI is InChI=1S/C11H15NO2/c1-9-5-4-6-10(7-9)14-8-11(13)12(2)3/h4-7H,8H2,1-3H3. The molecule has 0 aliphatic rings. The van der Waals surface area contributed by atoms with Crippen molar-refractivity contribution in [3.05, 3.63) is 29.8 Å². The summed E-state index contributed by atoms with van der Waals surface area (Å²) in [5, 5.41) is 0. The molecular formula is C11H15NO2. The van der Waals surface area contributed by atoms with Crippen molar-refractivity contribution < 1.29 is 9.53 Å². The Morgan fingerprint density at radius 2 is 2.14 bits per heavy atom. The largest absolute Gasteiger partial charge is 0.484 e. The number of aryl methyl sites for hydroxylation is 1. The number of benzene rings is 1. The van der Waals surface area contributed by atoms with E-state index in [1.807, 2.05) is 31.2 Å². The third-order valence-corrected chi connectivity index (χ3v) is 1.85. The molecule has 0 aromatic heterocycles. The Hall–Kier alpha value is -1.51. The molecular weight excluding hydrogens is 178 g/mol. The van der Waals surface area contributed by atoms with Gasteiger partial charge in [-0.1, -0.05) is 12.1 Å². The predicted octanol–water partition coefficient (Wildman–Crippen LogP) is 1.46. The highest BCUT2D eigenvalue weighted by Gasteiger charge is 2.04. The quantitative estimate of drug-likeness (QED) is 0.727. The highest BCUT2D eigenvalue weighted by molar-refractivity contribution is 5.77. The first-order valence-corrected chi connectivity index (χ1v) is 4.49. The summed E-state index contributed by atoms with van der Waals surface area (Å²) in [6.07, 6.45) is 0. The van der Waals surface area contributed by atoms with E-state index in [1.54, 1.807) is 14.1 Å². The third kappa shape index (κ3) is 3.09. The van der Waals surface area contributed by atoms with Crippen LogP contribution in [-0.4, -0.2) is 31.5 Å². The summed E-state index contributed by atoms with van der Waals surface area (Å²) in [5.74, 6) is 0.701. The molecule has 14 heavy (non-hydrogen) atoms. The minimum atomic E-state index is -0.0356. The minimum Gasteiger partial charge on any atom is -0.484 e. The Morgan fingerprint density at radius 1 is 1.43 bits per heavy atom. The Bertz CT molecular complexity index is 321. The number of ether oxygens (including phenoxy) is 1. The summed E-state index contributed by atoms with van der Waals surface area (Å²) >= 11 is 0. The first-order valence-electron chi connectivity index (χ1n) is 4.49. The van der Waals surface area contributed by atoms with Crippen LogP contribution in [0.25, 0.3) is 0 Å². The van der Waals surface area contributed by atoms with E-state index in [9.17, 15) is 4.79 Å². The first-order chi connectivity index (χ1) is 6.59. The molecule has 0 bridgehead atoms. The van der Waals surface area contributed by atoms with E-state index in [4.69, 9.17) is 4.74 Å². The lowest BCUT2D eigenvalue weighted by atomic mass is 10.2. The zero-order chi connectivity index (χ0) is 10.6. The van der Waals surface area contributed by atoms with Crippen LogP contribution >= 0.6 is 0 Å². The average Bonchev–Trinajstić information content (AvgIpc) is 2.14. The topological polar surface area (TPSA) is 29.5 Å². The Morgan fingerprint density at radius 3 is 2.71 bits per heavy atom. The summed E-state index contributed by atoms with van der Waals surface area (Å²) < 4.78 is 5.32. The fourth-order valence-electron chi connectivity index (χ4n) is 0.979. The van der Waals surface area contributed by atoms with E-state index in [2.05, 4.69) is 0 Å². The van der Waals surface area contributed by atoms with Gasteiger partial charge in [0.25, 0.3) is 5.91 Å². The monoisotopic (exact) mass is 193 g/mol. The highest BCUT2D eigenvalue weighted by atomic mass is 16.5. The number of likely N-dealkylation sites (N-methyl/N-ethyl adjacent to an activating group) is 1. The first kappa shape index (κ1) is 10.6. The Balaban J connectivity index is 2.50. The second kappa shape index (κ2) is 4.65. The van der Waals surface area contributed by atoms with Crippen molar-refractivity contribution in [2.24, 2.45) is 0 Å². The molecule has 3 nitrogen and oxygen atoms in total. The molecule has 0 atom stereocenters. The van der Waals surface area contributed by atoms with E-state index >= 15 is 0 Å². The van der Waals surface area contributed by atoms with Gasteiger partial charge in [-0.25, -0.2) is 0 Å². The molecule has 0 unspecified atom stereocenters. The van der Waals surface area contributed by atoms with Crippen LogP contribution < -0.4 is 4.74 Å². The van der Waals surface area contributed by atoms with Gasteiger partial charge in [0.05, 0.1) is 0 Å². The summed E-state index contributed by atoms with van der Waals surface area (Å²) in [6.45, 7) is 2.08. The average molecular weight is 193 g/mol. The normalized spacial score (nSPS) is 9.64. The lowest BCUT2D eigenvalue weighted by Gasteiger charge is -2.11. The fraction of sp³-hybridized carbons (Fsp3) is 0.364. The van der Waals surface area contributed by atoms with Gasteiger partial charge in [0, 0.05) is 14.1 Å². The second-order valence-electron chi connectivity index (χ2n) is 3.39. The van der Waals surface area contributed by atoms with Gasteiger partial charge in [0.15, 0.2) is 6.61 Å².